The van der Waals surface area contributed by atoms with Crippen LogP contribution in [-0.4, -0.2) is 25.9 Å². The first kappa shape index (κ1) is 29.9. The summed E-state index contributed by atoms with van der Waals surface area (Å²) in [5.41, 5.74) is 0.119. The summed E-state index contributed by atoms with van der Waals surface area (Å²) in [5.74, 6) is -0.536. The van der Waals surface area contributed by atoms with Gasteiger partial charge in [0.2, 0.25) is 0 Å². The van der Waals surface area contributed by atoms with E-state index in [2.05, 4.69) is 10.2 Å². The molecule has 0 aliphatic rings. The normalized spacial score (nSPS) is 12.1. The number of hydrogen-bond acceptors (Lipinski definition) is 8. The van der Waals surface area contributed by atoms with Crippen molar-refractivity contribution in [1.82, 2.24) is 0 Å². The van der Waals surface area contributed by atoms with E-state index in [0.29, 0.717) is 0 Å². The summed E-state index contributed by atoms with van der Waals surface area (Å²) in [7, 11) is -9.71. The molecule has 2 aromatic rings. The van der Waals surface area contributed by atoms with Gasteiger partial charge in [0.15, 0.2) is 0 Å². The van der Waals surface area contributed by atoms with E-state index < -0.39 is 30.0 Å². The zero-order chi connectivity index (χ0) is 21.3. The maximum absolute atomic E-state index is 11.8. The van der Waals surface area contributed by atoms with Crippen LogP contribution in [0.4, 0.5) is 11.4 Å². The van der Waals surface area contributed by atoms with E-state index in [-0.39, 0.29) is 93.5 Å². The van der Waals surface area contributed by atoms with Gasteiger partial charge in [-0.3, -0.25) is 0 Å². The van der Waals surface area contributed by atoms with Crippen LogP contribution in [0.25, 0.3) is 0 Å². The molecule has 0 spiro atoms. The van der Waals surface area contributed by atoms with Crippen LogP contribution in [-0.2, 0) is 20.2 Å². The SMILES string of the molecule is CC(C)c1cccc(N=Nc2cccc(C(C)C)c2S(=O)(=O)[O-])c1S(=O)(=O)[O-].[Na+].[Na+]. The molecule has 2 rings (SSSR count). The molecule has 0 atom stereocenters. The first-order valence-electron chi connectivity index (χ1n) is 8.43. The number of azo groups is 1. The molecule has 12 heteroatoms. The van der Waals surface area contributed by atoms with Gasteiger partial charge in [-0.05, 0) is 35.1 Å². The second kappa shape index (κ2) is 11.6. The number of benzene rings is 2. The zero-order valence-corrected chi connectivity index (χ0v) is 23.4. The Hall–Kier alpha value is -0.140. The van der Waals surface area contributed by atoms with Crippen molar-refractivity contribution in [2.24, 2.45) is 10.2 Å². The van der Waals surface area contributed by atoms with Gasteiger partial charge < -0.3 is 9.11 Å². The molecule has 30 heavy (non-hydrogen) atoms. The molecule has 0 N–H and O–H groups in total. The van der Waals surface area contributed by atoms with Crippen LogP contribution in [0, 0.1) is 0 Å². The fourth-order valence-electron chi connectivity index (χ4n) is 2.80. The number of rotatable bonds is 6. The van der Waals surface area contributed by atoms with E-state index >= 15 is 0 Å². The maximum atomic E-state index is 11.8. The van der Waals surface area contributed by atoms with Crippen LogP contribution in [0.5, 0.6) is 0 Å². The fourth-order valence-corrected chi connectivity index (χ4v) is 4.72. The fraction of sp³-hybridized carbons (Fsp3) is 0.333. The molecule has 0 radical (unpaired) electrons. The molecule has 0 unspecified atom stereocenters. The third-order valence-corrected chi connectivity index (χ3v) is 5.95. The zero-order valence-electron chi connectivity index (χ0n) is 17.8. The first-order valence-corrected chi connectivity index (χ1v) is 11.2. The van der Waals surface area contributed by atoms with Gasteiger partial charge in [-0.15, -0.1) is 10.2 Å². The molecule has 0 aromatic heterocycles. The van der Waals surface area contributed by atoms with Gasteiger partial charge >= 0.3 is 59.1 Å². The van der Waals surface area contributed by atoms with Crippen LogP contribution in [0.15, 0.2) is 56.4 Å². The minimum absolute atomic E-state index is 0. The Morgan fingerprint density at radius 3 is 1.20 bits per heavy atom. The van der Waals surface area contributed by atoms with Crippen molar-refractivity contribution in [3.05, 3.63) is 47.5 Å². The summed E-state index contributed by atoms with van der Waals surface area (Å²) in [4.78, 5) is -1.03. The summed E-state index contributed by atoms with van der Waals surface area (Å²) in [6, 6.07) is 8.63. The average molecular weight is 470 g/mol. The minimum atomic E-state index is -4.86. The molecule has 0 saturated carbocycles. The van der Waals surface area contributed by atoms with Crippen LogP contribution in [0.3, 0.4) is 0 Å². The second-order valence-corrected chi connectivity index (χ2v) is 9.44. The van der Waals surface area contributed by atoms with Crippen LogP contribution in [0.2, 0.25) is 0 Å². The molecule has 0 aliphatic carbocycles. The van der Waals surface area contributed by atoms with Crippen LogP contribution < -0.4 is 59.1 Å². The summed E-state index contributed by atoms with van der Waals surface area (Å²) < 4.78 is 70.5. The first-order chi connectivity index (χ1) is 12.8. The standard InChI is InChI=1S/C18H22N2O6S2.2Na/c1-11(2)13-7-5-9-15(17(13)27(21,22)23)19-20-16-10-6-8-14(12(3)4)18(16)28(24,25)26;;/h5-12H,1-4H3,(H,21,22,23)(H,24,25,26);;/q;2*+1/p-2. The Morgan fingerprint density at radius 1 is 0.667 bits per heavy atom. The molecule has 0 amide bonds. The third-order valence-electron chi connectivity index (χ3n) is 4.06. The average Bonchev–Trinajstić information content (AvgIpc) is 2.57. The molecule has 0 fully saturated rings. The topological polar surface area (TPSA) is 139 Å². The Bertz CT molecular complexity index is 1040. The van der Waals surface area contributed by atoms with Gasteiger partial charge in [0.1, 0.15) is 31.6 Å². The van der Waals surface area contributed by atoms with Gasteiger partial charge in [0.25, 0.3) is 0 Å². The van der Waals surface area contributed by atoms with Crippen molar-refractivity contribution >= 4 is 31.6 Å². The molecule has 152 valence electrons. The van der Waals surface area contributed by atoms with Gasteiger partial charge in [-0.2, -0.15) is 0 Å². The van der Waals surface area contributed by atoms with Crippen molar-refractivity contribution in [2.45, 2.75) is 49.3 Å². The quantitative estimate of drug-likeness (QED) is 0.276. The molecule has 0 saturated heterocycles. The monoisotopic (exact) mass is 470 g/mol. The van der Waals surface area contributed by atoms with Crippen LogP contribution >= 0.6 is 0 Å². The van der Waals surface area contributed by atoms with Crippen molar-refractivity contribution in [1.29, 1.82) is 0 Å². The molecular formula is C18H20N2Na2O6S2. The number of nitrogens with zero attached hydrogens (tertiary/aromatic N) is 2. The largest absolute Gasteiger partial charge is 1.00 e. The van der Waals surface area contributed by atoms with Crippen LogP contribution in [0.1, 0.15) is 50.7 Å². The predicted octanol–water partition coefficient (Wildman–Crippen LogP) is -1.83. The summed E-state index contributed by atoms with van der Waals surface area (Å²) in [6.45, 7) is 6.89. The Kier molecular flexibility index (Phi) is 11.6. The molecular weight excluding hydrogens is 450 g/mol. The van der Waals surface area contributed by atoms with E-state index in [1.807, 2.05) is 0 Å². The number of hydrogen-bond donors (Lipinski definition) is 0. The Balaban J connectivity index is 0.00000420. The Morgan fingerprint density at radius 2 is 0.967 bits per heavy atom. The van der Waals surface area contributed by atoms with Gasteiger partial charge in [-0.25, -0.2) is 16.8 Å². The molecule has 2 aromatic carbocycles. The summed E-state index contributed by atoms with van der Waals surface area (Å²) in [5, 5.41) is 7.61. The molecule has 0 bridgehead atoms. The van der Waals surface area contributed by atoms with Crippen molar-refractivity contribution in [2.75, 3.05) is 0 Å². The molecule has 0 aliphatic heterocycles. The summed E-state index contributed by atoms with van der Waals surface area (Å²) in [6.07, 6.45) is 0. The van der Waals surface area contributed by atoms with E-state index in [0.717, 1.165) is 0 Å². The Labute approximate surface area is 221 Å². The van der Waals surface area contributed by atoms with Gasteiger partial charge in [-0.1, -0.05) is 52.0 Å². The molecule has 0 heterocycles. The minimum Gasteiger partial charge on any atom is -0.744 e. The smallest absolute Gasteiger partial charge is 0.744 e. The summed E-state index contributed by atoms with van der Waals surface area (Å²) >= 11 is 0. The van der Waals surface area contributed by atoms with Crippen molar-refractivity contribution < 1.29 is 85.1 Å². The van der Waals surface area contributed by atoms with Gasteiger partial charge in [0.05, 0.1) is 9.79 Å². The van der Waals surface area contributed by atoms with E-state index in [9.17, 15) is 25.9 Å². The van der Waals surface area contributed by atoms with E-state index in [1.165, 1.54) is 36.4 Å². The van der Waals surface area contributed by atoms with E-state index in [1.54, 1.807) is 27.7 Å². The van der Waals surface area contributed by atoms with Crippen molar-refractivity contribution in [3.8, 4) is 0 Å². The second-order valence-electron chi connectivity index (χ2n) is 6.81. The van der Waals surface area contributed by atoms with E-state index in [4.69, 9.17) is 0 Å². The predicted molar refractivity (Wildman–Crippen MR) is 101 cm³/mol. The van der Waals surface area contributed by atoms with Crippen molar-refractivity contribution in [3.63, 3.8) is 0 Å². The molecule has 8 nitrogen and oxygen atoms in total. The maximum Gasteiger partial charge on any atom is 1.00 e. The third kappa shape index (κ3) is 7.19. The van der Waals surface area contributed by atoms with Gasteiger partial charge in [0, 0.05) is 0 Å².